The number of ether oxygens (including phenoxy) is 2. The van der Waals surface area contributed by atoms with Crippen molar-refractivity contribution in [3.05, 3.63) is 22.8 Å². The van der Waals surface area contributed by atoms with E-state index in [1.54, 1.807) is 4.90 Å². The van der Waals surface area contributed by atoms with Crippen molar-refractivity contribution < 1.29 is 14.3 Å². The summed E-state index contributed by atoms with van der Waals surface area (Å²) in [5.41, 5.74) is -0.475. The molecule has 0 bridgehead atoms. The first-order valence-electron chi connectivity index (χ1n) is 7.10. The van der Waals surface area contributed by atoms with Gasteiger partial charge in [-0.1, -0.05) is 6.07 Å². The maximum absolute atomic E-state index is 12.1. The molecule has 0 unspecified atom stereocenters. The molecule has 1 saturated heterocycles. The lowest BCUT2D eigenvalue weighted by Gasteiger charge is -2.33. The fraction of sp³-hybridized carbons (Fsp3) is 0.600. The van der Waals surface area contributed by atoms with Crippen LogP contribution in [-0.2, 0) is 4.74 Å². The molecule has 1 amide bonds. The molecule has 2 heterocycles. The lowest BCUT2D eigenvalue weighted by atomic mass is 10.1. The van der Waals surface area contributed by atoms with Crippen LogP contribution in [-0.4, -0.2) is 40.8 Å². The van der Waals surface area contributed by atoms with Gasteiger partial charge in [-0.25, -0.2) is 9.78 Å². The van der Waals surface area contributed by atoms with E-state index in [4.69, 9.17) is 9.47 Å². The Morgan fingerprint density at radius 3 is 2.86 bits per heavy atom. The number of carbonyl (C=O) groups excluding carboxylic acids is 1. The zero-order valence-corrected chi connectivity index (χ0v) is 14.2. The molecular weight excluding hydrogens is 336 g/mol. The average molecular weight is 357 g/mol. The van der Waals surface area contributed by atoms with Gasteiger partial charge in [-0.05, 0) is 55.6 Å². The number of hydrogen-bond donors (Lipinski definition) is 0. The third-order valence-corrected chi connectivity index (χ3v) is 3.45. The van der Waals surface area contributed by atoms with Gasteiger partial charge in [0.15, 0.2) is 0 Å². The third kappa shape index (κ3) is 5.19. The molecule has 21 heavy (non-hydrogen) atoms. The minimum absolute atomic E-state index is 0.0481. The van der Waals surface area contributed by atoms with Crippen LogP contribution in [0.2, 0.25) is 0 Å². The molecule has 0 N–H and O–H groups in total. The highest BCUT2D eigenvalue weighted by Crippen LogP contribution is 2.20. The van der Waals surface area contributed by atoms with Crippen molar-refractivity contribution in [3.8, 4) is 5.88 Å². The zero-order valence-electron chi connectivity index (χ0n) is 12.6. The molecule has 1 atom stereocenters. The molecular formula is C15H21BrN2O3. The first-order valence-corrected chi connectivity index (χ1v) is 7.90. The van der Waals surface area contributed by atoms with Crippen molar-refractivity contribution in [3.63, 3.8) is 0 Å². The van der Waals surface area contributed by atoms with Gasteiger partial charge in [-0.15, -0.1) is 0 Å². The molecule has 0 aliphatic carbocycles. The Kier molecular flexibility index (Phi) is 5.08. The molecule has 2 rings (SSSR count). The van der Waals surface area contributed by atoms with Crippen LogP contribution >= 0.6 is 15.9 Å². The molecule has 5 nitrogen and oxygen atoms in total. The van der Waals surface area contributed by atoms with E-state index in [0.29, 0.717) is 19.0 Å². The minimum Gasteiger partial charge on any atom is -0.472 e. The van der Waals surface area contributed by atoms with Crippen molar-refractivity contribution in [2.75, 3.05) is 13.1 Å². The van der Waals surface area contributed by atoms with Crippen LogP contribution < -0.4 is 4.74 Å². The van der Waals surface area contributed by atoms with E-state index in [-0.39, 0.29) is 12.2 Å². The Morgan fingerprint density at radius 1 is 1.43 bits per heavy atom. The number of likely N-dealkylation sites (tertiary alicyclic amines) is 1. The van der Waals surface area contributed by atoms with E-state index in [1.165, 1.54) is 0 Å². The maximum Gasteiger partial charge on any atom is 0.410 e. The third-order valence-electron chi connectivity index (χ3n) is 3.01. The van der Waals surface area contributed by atoms with Crippen LogP contribution in [0.15, 0.2) is 22.8 Å². The molecule has 0 saturated carbocycles. The topological polar surface area (TPSA) is 51.7 Å². The van der Waals surface area contributed by atoms with Crippen molar-refractivity contribution in [1.82, 2.24) is 9.88 Å². The van der Waals surface area contributed by atoms with Gasteiger partial charge in [0, 0.05) is 12.6 Å². The Balaban J connectivity index is 1.93. The quantitative estimate of drug-likeness (QED) is 0.759. The first-order chi connectivity index (χ1) is 9.83. The molecule has 1 aromatic heterocycles. The molecule has 1 aliphatic rings. The highest BCUT2D eigenvalue weighted by Gasteiger charge is 2.28. The second kappa shape index (κ2) is 6.64. The SMILES string of the molecule is CC(C)(C)OC(=O)N1CCC[C@H](Oc2cccc(Br)n2)C1. The van der Waals surface area contributed by atoms with Crippen molar-refractivity contribution in [2.45, 2.75) is 45.3 Å². The number of rotatable bonds is 2. The van der Waals surface area contributed by atoms with Crippen LogP contribution in [0.3, 0.4) is 0 Å². The Labute approximate surface area is 133 Å². The Hall–Kier alpha value is -1.30. The molecule has 0 aromatic carbocycles. The number of halogens is 1. The highest BCUT2D eigenvalue weighted by atomic mass is 79.9. The molecule has 1 aromatic rings. The molecule has 1 aliphatic heterocycles. The predicted octanol–water partition coefficient (Wildman–Crippen LogP) is 3.62. The summed E-state index contributed by atoms with van der Waals surface area (Å²) in [7, 11) is 0. The summed E-state index contributed by atoms with van der Waals surface area (Å²) in [6.07, 6.45) is 1.48. The summed E-state index contributed by atoms with van der Waals surface area (Å²) in [6.45, 7) is 6.85. The van der Waals surface area contributed by atoms with Gasteiger partial charge >= 0.3 is 6.09 Å². The molecule has 116 valence electrons. The van der Waals surface area contributed by atoms with Crippen LogP contribution in [0, 0.1) is 0 Å². The van der Waals surface area contributed by atoms with Crippen molar-refractivity contribution >= 4 is 22.0 Å². The molecule has 0 spiro atoms. The van der Waals surface area contributed by atoms with E-state index in [0.717, 1.165) is 17.4 Å². The standard InChI is InChI=1S/C15H21BrN2O3/c1-15(2,3)21-14(19)18-9-5-6-11(10-18)20-13-8-4-7-12(16)17-13/h4,7-8,11H,5-6,9-10H2,1-3H3/t11-/m0/s1. The van der Waals surface area contributed by atoms with Crippen LogP contribution in [0.1, 0.15) is 33.6 Å². The zero-order chi connectivity index (χ0) is 15.5. The van der Waals surface area contributed by atoms with E-state index < -0.39 is 5.60 Å². The van der Waals surface area contributed by atoms with E-state index >= 15 is 0 Å². The summed E-state index contributed by atoms with van der Waals surface area (Å²) in [5.74, 6) is 0.570. The van der Waals surface area contributed by atoms with Gasteiger partial charge in [-0.3, -0.25) is 0 Å². The number of aromatic nitrogens is 1. The fourth-order valence-corrected chi connectivity index (χ4v) is 2.48. The largest absolute Gasteiger partial charge is 0.472 e. The van der Waals surface area contributed by atoms with E-state index in [2.05, 4.69) is 20.9 Å². The van der Waals surface area contributed by atoms with Crippen LogP contribution in [0.5, 0.6) is 5.88 Å². The smallest absolute Gasteiger partial charge is 0.410 e. The van der Waals surface area contributed by atoms with Gasteiger partial charge in [0.1, 0.15) is 16.3 Å². The monoisotopic (exact) mass is 356 g/mol. The lowest BCUT2D eigenvalue weighted by Crippen LogP contribution is -2.46. The molecule has 6 heteroatoms. The Bertz CT molecular complexity index is 502. The summed E-state index contributed by atoms with van der Waals surface area (Å²) >= 11 is 3.32. The number of hydrogen-bond acceptors (Lipinski definition) is 4. The fourth-order valence-electron chi connectivity index (χ4n) is 2.15. The predicted molar refractivity (Wildman–Crippen MR) is 83.4 cm³/mol. The summed E-state index contributed by atoms with van der Waals surface area (Å²) < 4.78 is 12.0. The minimum atomic E-state index is -0.475. The Morgan fingerprint density at radius 2 is 2.19 bits per heavy atom. The van der Waals surface area contributed by atoms with Gasteiger partial charge in [0.25, 0.3) is 0 Å². The number of pyridine rings is 1. The first kappa shape index (κ1) is 16.1. The normalized spacial score (nSPS) is 19.2. The van der Waals surface area contributed by atoms with Crippen molar-refractivity contribution in [1.29, 1.82) is 0 Å². The number of piperidine rings is 1. The van der Waals surface area contributed by atoms with E-state index in [9.17, 15) is 4.79 Å². The van der Waals surface area contributed by atoms with Gasteiger partial charge in [-0.2, -0.15) is 0 Å². The van der Waals surface area contributed by atoms with Crippen molar-refractivity contribution in [2.24, 2.45) is 0 Å². The molecule has 1 fully saturated rings. The second-order valence-corrected chi connectivity index (χ2v) is 6.92. The average Bonchev–Trinajstić information content (AvgIpc) is 2.37. The summed E-state index contributed by atoms with van der Waals surface area (Å²) in [5, 5.41) is 0. The number of nitrogens with zero attached hydrogens (tertiary/aromatic N) is 2. The van der Waals surface area contributed by atoms with Gasteiger partial charge in [0.2, 0.25) is 5.88 Å². The second-order valence-electron chi connectivity index (χ2n) is 6.11. The van der Waals surface area contributed by atoms with Gasteiger partial charge < -0.3 is 14.4 Å². The van der Waals surface area contributed by atoms with Gasteiger partial charge in [0.05, 0.1) is 6.54 Å². The summed E-state index contributed by atoms with van der Waals surface area (Å²) in [4.78, 5) is 18.1. The number of carbonyl (C=O) groups is 1. The molecule has 0 radical (unpaired) electrons. The number of amides is 1. The maximum atomic E-state index is 12.1. The van der Waals surface area contributed by atoms with Crippen LogP contribution in [0.25, 0.3) is 0 Å². The van der Waals surface area contributed by atoms with Crippen LogP contribution in [0.4, 0.5) is 4.79 Å². The lowest BCUT2D eigenvalue weighted by molar-refractivity contribution is 0.00720. The highest BCUT2D eigenvalue weighted by molar-refractivity contribution is 9.10. The summed E-state index contributed by atoms with van der Waals surface area (Å²) in [6, 6.07) is 5.54. The van der Waals surface area contributed by atoms with E-state index in [1.807, 2.05) is 39.0 Å².